The Kier molecular flexibility index (Phi) is 5.47. The average molecular weight is 283 g/mol. The van der Waals surface area contributed by atoms with Gasteiger partial charge < -0.3 is 10.2 Å². The van der Waals surface area contributed by atoms with Gasteiger partial charge in [0.25, 0.3) is 5.91 Å². The van der Waals surface area contributed by atoms with Gasteiger partial charge in [-0.05, 0) is 27.7 Å². The van der Waals surface area contributed by atoms with Crippen LogP contribution in [0.2, 0.25) is 0 Å². The van der Waals surface area contributed by atoms with Crippen molar-refractivity contribution in [2.75, 3.05) is 0 Å². The summed E-state index contributed by atoms with van der Waals surface area (Å²) in [6, 6.07) is 0.205. The molecular weight excluding hydrogens is 262 g/mol. The maximum atomic E-state index is 11.8. The quantitative estimate of drug-likeness (QED) is 0.899. The number of carbonyl (C=O) groups excluding carboxylic acids is 2. The Bertz CT molecular complexity index is 454. The minimum atomic E-state index is -0.170. The molecule has 0 saturated carbocycles. The summed E-state index contributed by atoms with van der Waals surface area (Å²) in [6.45, 7) is 9.72. The molecule has 106 valence electrons. The molecule has 1 aromatic rings. The van der Waals surface area contributed by atoms with Crippen LogP contribution in [-0.4, -0.2) is 33.8 Å². The van der Waals surface area contributed by atoms with Crippen LogP contribution in [-0.2, 0) is 11.3 Å². The maximum Gasteiger partial charge on any atom is 0.270 e. The molecule has 0 saturated heterocycles. The molecule has 1 aromatic heterocycles. The highest BCUT2D eigenvalue weighted by Crippen LogP contribution is 2.14. The van der Waals surface area contributed by atoms with Gasteiger partial charge in [-0.3, -0.25) is 9.59 Å². The van der Waals surface area contributed by atoms with E-state index in [-0.39, 0.29) is 23.9 Å². The summed E-state index contributed by atoms with van der Waals surface area (Å²) in [4.78, 5) is 29.3. The molecule has 6 heteroatoms. The lowest BCUT2D eigenvalue weighted by Gasteiger charge is -2.24. The highest BCUT2D eigenvalue weighted by Gasteiger charge is 2.17. The smallest absolute Gasteiger partial charge is 0.270 e. The first-order valence-electron chi connectivity index (χ1n) is 6.33. The SMILES string of the molecule is CC(=O)N(Cc1nc(C(=O)NC(C)C)cs1)C(C)C. The van der Waals surface area contributed by atoms with Crippen LogP contribution in [0.5, 0.6) is 0 Å². The van der Waals surface area contributed by atoms with Crippen LogP contribution in [0.25, 0.3) is 0 Å². The molecule has 1 heterocycles. The van der Waals surface area contributed by atoms with Gasteiger partial charge in [0.1, 0.15) is 10.7 Å². The van der Waals surface area contributed by atoms with Crippen LogP contribution in [0.4, 0.5) is 0 Å². The van der Waals surface area contributed by atoms with Gasteiger partial charge in [0.05, 0.1) is 6.54 Å². The predicted octanol–water partition coefficient (Wildman–Crippen LogP) is 2.04. The normalized spacial score (nSPS) is 10.9. The van der Waals surface area contributed by atoms with Gasteiger partial charge in [-0.2, -0.15) is 0 Å². The molecule has 0 aliphatic rings. The van der Waals surface area contributed by atoms with Crippen LogP contribution in [0.15, 0.2) is 5.38 Å². The van der Waals surface area contributed by atoms with E-state index >= 15 is 0 Å². The van der Waals surface area contributed by atoms with Gasteiger partial charge in [-0.15, -0.1) is 11.3 Å². The molecule has 19 heavy (non-hydrogen) atoms. The standard InChI is InChI=1S/C13H21N3O2S/c1-8(2)14-13(18)11-7-19-12(15-11)6-16(9(3)4)10(5)17/h7-9H,6H2,1-5H3,(H,14,18). The van der Waals surface area contributed by atoms with Gasteiger partial charge in [0.15, 0.2) is 0 Å². The van der Waals surface area contributed by atoms with Gasteiger partial charge >= 0.3 is 0 Å². The number of nitrogens with zero attached hydrogens (tertiary/aromatic N) is 2. The number of rotatable bonds is 5. The monoisotopic (exact) mass is 283 g/mol. The van der Waals surface area contributed by atoms with E-state index in [2.05, 4.69) is 10.3 Å². The van der Waals surface area contributed by atoms with E-state index < -0.39 is 0 Å². The first-order chi connectivity index (χ1) is 8.81. The second-order valence-corrected chi connectivity index (χ2v) is 5.94. The van der Waals surface area contributed by atoms with E-state index in [4.69, 9.17) is 0 Å². The van der Waals surface area contributed by atoms with E-state index in [0.29, 0.717) is 12.2 Å². The lowest BCUT2D eigenvalue weighted by Crippen LogP contribution is -2.34. The van der Waals surface area contributed by atoms with Gasteiger partial charge in [0, 0.05) is 24.4 Å². The van der Waals surface area contributed by atoms with Crippen LogP contribution >= 0.6 is 11.3 Å². The molecule has 0 aliphatic heterocycles. The number of hydrogen-bond donors (Lipinski definition) is 1. The molecule has 2 amide bonds. The molecule has 0 radical (unpaired) electrons. The molecule has 0 spiro atoms. The molecule has 0 fully saturated rings. The number of carbonyl (C=O) groups is 2. The minimum Gasteiger partial charge on any atom is -0.349 e. The van der Waals surface area contributed by atoms with Crippen molar-refractivity contribution in [1.29, 1.82) is 0 Å². The summed E-state index contributed by atoms with van der Waals surface area (Å²) in [6.07, 6.45) is 0. The molecule has 1 N–H and O–H groups in total. The first kappa shape index (κ1) is 15.6. The Morgan fingerprint density at radius 3 is 2.47 bits per heavy atom. The van der Waals surface area contributed by atoms with E-state index in [1.807, 2.05) is 27.7 Å². The van der Waals surface area contributed by atoms with Gasteiger partial charge in [0.2, 0.25) is 5.91 Å². The largest absolute Gasteiger partial charge is 0.349 e. The van der Waals surface area contributed by atoms with Crippen molar-refractivity contribution in [1.82, 2.24) is 15.2 Å². The molecule has 5 nitrogen and oxygen atoms in total. The number of nitrogens with one attached hydrogen (secondary N) is 1. The number of amides is 2. The summed E-state index contributed by atoms with van der Waals surface area (Å²) >= 11 is 1.40. The minimum absolute atomic E-state index is 0.0124. The second kappa shape index (κ2) is 6.65. The third-order valence-electron chi connectivity index (χ3n) is 2.54. The van der Waals surface area contributed by atoms with Crippen LogP contribution in [0.3, 0.4) is 0 Å². The highest BCUT2D eigenvalue weighted by atomic mass is 32.1. The Morgan fingerprint density at radius 2 is 2.00 bits per heavy atom. The van der Waals surface area contributed by atoms with Crippen LogP contribution in [0.1, 0.15) is 50.1 Å². The van der Waals surface area contributed by atoms with E-state index in [0.717, 1.165) is 5.01 Å². The Labute approximate surface area is 118 Å². The van der Waals surface area contributed by atoms with Crippen molar-refractivity contribution in [2.24, 2.45) is 0 Å². The number of hydrogen-bond acceptors (Lipinski definition) is 4. The molecule has 1 rings (SSSR count). The maximum absolute atomic E-state index is 11.8. The second-order valence-electron chi connectivity index (χ2n) is 5.00. The summed E-state index contributed by atoms with van der Waals surface area (Å²) in [5.74, 6) is -0.158. The third kappa shape index (κ3) is 4.63. The summed E-state index contributed by atoms with van der Waals surface area (Å²) in [5.41, 5.74) is 0.418. The Balaban J connectivity index is 2.74. The lowest BCUT2D eigenvalue weighted by molar-refractivity contribution is -0.131. The predicted molar refractivity (Wildman–Crippen MR) is 76.1 cm³/mol. The lowest BCUT2D eigenvalue weighted by atomic mass is 10.3. The molecule has 0 unspecified atom stereocenters. The van der Waals surface area contributed by atoms with Gasteiger partial charge in [-0.1, -0.05) is 0 Å². The van der Waals surface area contributed by atoms with Crippen molar-refractivity contribution in [3.8, 4) is 0 Å². The zero-order valence-electron chi connectivity index (χ0n) is 12.1. The van der Waals surface area contributed by atoms with Gasteiger partial charge in [-0.25, -0.2) is 4.98 Å². The number of thiazole rings is 1. The van der Waals surface area contributed by atoms with E-state index in [9.17, 15) is 9.59 Å². The van der Waals surface area contributed by atoms with Crippen LogP contribution < -0.4 is 5.32 Å². The van der Waals surface area contributed by atoms with Crippen molar-refractivity contribution in [3.05, 3.63) is 16.1 Å². The first-order valence-corrected chi connectivity index (χ1v) is 7.21. The Hall–Kier alpha value is -1.43. The molecular formula is C13H21N3O2S. The average Bonchev–Trinajstić information content (AvgIpc) is 2.72. The highest BCUT2D eigenvalue weighted by molar-refractivity contribution is 7.09. The molecule has 0 atom stereocenters. The third-order valence-corrected chi connectivity index (χ3v) is 3.37. The van der Waals surface area contributed by atoms with Crippen molar-refractivity contribution >= 4 is 23.2 Å². The summed E-state index contributed by atoms with van der Waals surface area (Å²) < 4.78 is 0. The zero-order chi connectivity index (χ0) is 14.6. The molecule has 0 bridgehead atoms. The number of aromatic nitrogens is 1. The summed E-state index contributed by atoms with van der Waals surface area (Å²) in [5, 5.41) is 5.30. The zero-order valence-corrected chi connectivity index (χ0v) is 12.9. The van der Waals surface area contributed by atoms with E-state index in [1.165, 1.54) is 11.3 Å². The van der Waals surface area contributed by atoms with E-state index in [1.54, 1.807) is 17.2 Å². The van der Waals surface area contributed by atoms with Crippen LogP contribution in [0, 0.1) is 0 Å². The Morgan fingerprint density at radius 1 is 1.37 bits per heavy atom. The fraction of sp³-hybridized carbons (Fsp3) is 0.615. The fourth-order valence-corrected chi connectivity index (χ4v) is 2.40. The summed E-state index contributed by atoms with van der Waals surface area (Å²) in [7, 11) is 0. The van der Waals surface area contributed by atoms with Crippen molar-refractivity contribution < 1.29 is 9.59 Å². The molecule has 0 aliphatic carbocycles. The van der Waals surface area contributed by atoms with Crippen molar-refractivity contribution in [2.45, 2.75) is 53.2 Å². The van der Waals surface area contributed by atoms with Crippen molar-refractivity contribution in [3.63, 3.8) is 0 Å². The fourth-order valence-electron chi connectivity index (χ4n) is 1.63. The topological polar surface area (TPSA) is 62.3 Å². The molecule has 0 aromatic carbocycles.